The van der Waals surface area contributed by atoms with Gasteiger partial charge in [-0.3, -0.25) is 0 Å². The van der Waals surface area contributed by atoms with Crippen LogP contribution in [0.3, 0.4) is 0 Å². The number of nitrogens with one attached hydrogen (secondary N) is 2. The highest BCUT2D eigenvalue weighted by molar-refractivity contribution is 6.31. The molecule has 0 aliphatic rings. The quantitative estimate of drug-likeness (QED) is 0.794. The van der Waals surface area contributed by atoms with E-state index in [-0.39, 0.29) is 12.1 Å². The van der Waals surface area contributed by atoms with E-state index in [9.17, 15) is 4.79 Å². The van der Waals surface area contributed by atoms with Crippen molar-refractivity contribution < 1.29 is 9.53 Å². The second kappa shape index (κ2) is 9.30. The minimum atomic E-state index is -0.227. The lowest BCUT2D eigenvalue weighted by Crippen LogP contribution is -2.40. The molecule has 2 amide bonds. The van der Waals surface area contributed by atoms with Crippen molar-refractivity contribution in [2.75, 3.05) is 27.7 Å². The number of methoxy groups -OCH3 is 1. The topological polar surface area (TPSA) is 53.6 Å². The van der Waals surface area contributed by atoms with Crippen LogP contribution < -0.4 is 15.4 Å². The summed E-state index contributed by atoms with van der Waals surface area (Å²) in [6.45, 7) is 0.867. The number of halogens is 1. The number of likely N-dealkylation sites (N-methyl/N-ethyl adjacent to an activating group) is 1. The molecule has 0 saturated carbocycles. The van der Waals surface area contributed by atoms with E-state index in [1.165, 1.54) is 0 Å². The summed E-state index contributed by atoms with van der Waals surface area (Å²) in [5.41, 5.74) is 1.96. The van der Waals surface area contributed by atoms with E-state index in [0.717, 1.165) is 16.9 Å². The maximum Gasteiger partial charge on any atom is 0.315 e. The van der Waals surface area contributed by atoms with E-state index < -0.39 is 0 Å². The van der Waals surface area contributed by atoms with Crippen LogP contribution in [-0.4, -0.2) is 38.7 Å². The second-order valence-electron chi connectivity index (χ2n) is 5.91. The van der Waals surface area contributed by atoms with E-state index >= 15 is 0 Å². The molecule has 2 rings (SSSR count). The molecule has 0 bridgehead atoms. The van der Waals surface area contributed by atoms with Crippen molar-refractivity contribution in [3.8, 4) is 5.75 Å². The largest absolute Gasteiger partial charge is 0.497 e. The molecule has 0 heterocycles. The molecular formula is C19H24ClN3O2. The smallest absolute Gasteiger partial charge is 0.315 e. The Labute approximate surface area is 153 Å². The molecule has 6 heteroatoms. The van der Waals surface area contributed by atoms with Crippen molar-refractivity contribution >= 4 is 17.6 Å². The van der Waals surface area contributed by atoms with Gasteiger partial charge in [0.05, 0.1) is 13.2 Å². The molecule has 134 valence electrons. The molecule has 1 atom stereocenters. The van der Waals surface area contributed by atoms with Crippen LogP contribution in [0.25, 0.3) is 0 Å². The van der Waals surface area contributed by atoms with Gasteiger partial charge in [0.2, 0.25) is 0 Å². The van der Waals surface area contributed by atoms with E-state index in [1.807, 2.05) is 56.6 Å². The van der Waals surface area contributed by atoms with Crippen LogP contribution in [-0.2, 0) is 6.54 Å². The zero-order chi connectivity index (χ0) is 18.2. The monoisotopic (exact) mass is 361 g/mol. The van der Waals surface area contributed by atoms with Gasteiger partial charge in [-0.2, -0.15) is 0 Å². The predicted octanol–water partition coefficient (Wildman–Crippen LogP) is 3.45. The lowest BCUT2D eigenvalue weighted by atomic mass is 10.1. The van der Waals surface area contributed by atoms with Gasteiger partial charge < -0.3 is 20.3 Å². The number of benzene rings is 2. The second-order valence-corrected chi connectivity index (χ2v) is 6.32. The number of ether oxygens (including phenoxy) is 1. The highest BCUT2D eigenvalue weighted by Crippen LogP contribution is 2.22. The number of amides is 2. The summed E-state index contributed by atoms with van der Waals surface area (Å²) >= 11 is 6.10. The molecule has 0 spiro atoms. The van der Waals surface area contributed by atoms with Gasteiger partial charge in [0.1, 0.15) is 5.75 Å². The first-order chi connectivity index (χ1) is 12.0. The van der Waals surface area contributed by atoms with E-state index in [1.54, 1.807) is 13.2 Å². The van der Waals surface area contributed by atoms with Crippen LogP contribution in [0.15, 0.2) is 48.5 Å². The molecule has 0 fully saturated rings. The van der Waals surface area contributed by atoms with Crippen molar-refractivity contribution in [1.82, 2.24) is 15.5 Å². The number of hydrogen-bond donors (Lipinski definition) is 2. The Morgan fingerprint density at radius 3 is 2.60 bits per heavy atom. The lowest BCUT2D eigenvalue weighted by molar-refractivity contribution is 0.232. The van der Waals surface area contributed by atoms with Gasteiger partial charge in [-0.1, -0.05) is 41.9 Å². The molecule has 25 heavy (non-hydrogen) atoms. The third kappa shape index (κ3) is 5.66. The molecular weight excluding hydrogens is 338 g/mol. The standard InChI is InChI=1S/C19H24ClN3O2/c1-23(2)18(14-8-6-9-16(11-14)25-3)13-22-19(24)21-12-15-7-4-5-10-17(15)20/h4-11,18H,12-13H2,1-3H3,(H2,21,22,24). The van der Waals surface area contributed by atoms with Gasteiger partial charge in [-0.25, -0.2) is 4.79 Å². The Bertz CT molecular complexity index is 707. The highest BCUT2D eigenvalue weighted by atomic mass is 35.5. The third-order valence-electron chi connectivity index (χ3n) is 3.96. The number of urea groups is 1. The van der Waals surface area contributed by atoms with Crippen LogP contribution in [0, 0.1) is 0 Å². The summed E-state index contributed by atoms with van der Waals surface area (Å²) < 4.78 is 5.28. The average Bonchev–Trinajstić information content (AvgIpc) is 2.61. The number of hydrogen-bond acceptors (Lipinski definition) is 3. The van der Waals surface area contributed by atoms with E-state index in [4.69, 9.17) is 16.3 Å². The Kier molecular flexibility index (Phi) is 7.10. The molecule has 0 aliphatic heterocycles. The SMILES string of the molecule is COc1cccc(C(CNC(=O)NCc2ccccc2Cl)N(C)C)c1. The number of carbonyl (C=O) groups is 1. The first-order valence-electron chi connectivity index (χ1n) is 8.06. The number of carbonyl (C=O) groups excluding carboxylic acids is 1. The van der Waals surface area contributed by atoms with Gasteiger partial charge in [-0.05, 0) is 43.4 Å². The molecule has 0 aliphatic carbocycles. The fourth-order valence-corrected chi connectivity index (χ4v) is 2.72. The van der Waals surface area contributed by atoms with E-state index in [2.05, 4.69) is 15.5 Å². The summed E-state index contributed by atoms with van der Waals surface area (Å²) in [7, 11) is 5.60. The maximum absolute atomic E-state index is 12.1. The Morgan fingerprint density at radius 2 is 1.92 bits per heavy atom. The molecule has 2 aromatic carbocycles. The van der Waals surface area contributed by atoms with Gasteiger partial charge in [0.25, 0.3) is 0 Å². The molecule has 1 unspecified atom stereocenters. The van der Waals surface area contributed by atoms with Gasteiger partial charge in [-0.15, -0.1) is 0 Å². The average molecular weight is 362 g/mol. The van der Waals surface area contributed by atoms with E-state index in [0.29, 0.717) is 18.1 Å². The molecule has 2 aromatic rings. The Hall–Kier alpha value is -2.24. The van der Waals surface area contributed by atoms with Crippen molar-refractivity contribution in [2.24, 2.45) is 0 Å². The van der Waals surface area contributed by atoms with Crippen LogP contribution in [0.4, 0.5) is 4.79 Å². The normalized spacial score (nSPS) is 11.9. The van der Waals surface area contributed by atoms with Crippen LogP contribution in [0.5, 0.6) is 5.75 Å². The molecule has 0 radical (unpaired) electrons. The van der Waals surface area contributed by atoms with Gasteiger partial charge in [0.15, 0.2) is 0 Å². The number of rotatable bonds is 7. The summed E-state index contributed by atoms with van der Waals surface area (Å²) in [6, 6.07) is 15.1. The van der Waals surface area contributed by atoms with Crippen molar-refractivity contribution in [1.29, 1.82) is 0 Å². The van der Waals surface area contributed by atoms with Crippen molar-refractivity contribution in [3.05, 3.63) is 64.7 Å². The van der Waals surface area contributed by atoms with Crippen LogP contribution in [0.2, 0.25) is 5.02 Å². The minimum absolute atomic E-state index is 0.0427. The highest BCUT2D eigenvalue weighted by Gasteiger charge is 2.16. The zero-order valence-electron chi connectivity index (χ0n) is 14.8. The first-order valence-corrected chi connectivity index (χ1v) is 8.44. The van der Waals surface area contributed by atoms with Crippen molar-refractivity contribution in [2.45, 2.75) is 12.6 Å². The molecule has 2 N–H and O–H groups in total. The summed E-state index contributed by atoms with van der Waals surface area (Å²) in [4.78, 5) is 14.2. The maximum atomic E-state index is 12.1. The van der Waals surface area contributed by atoms with Crippen LogP contribution in [0.1, 0.15) is 17.2 Å². The summed E-state index contributed by atoms with van der Waals surface area (Å²) in [5, 5.41) is 6.39. The predicted molar refractivity (Wildman–Crippen MR) is 101 cm³/mol. The summed E-state index contributed by atoms with van der Waals surface area (Å²) in [5.74, 6) is 0.799. The fourth-order valence-electron chi connectivity index (χ4n) is 2.52. The lowest BCUT2D eigenvalue weighted by Gasteiger charge is -2.25. The number of nitrogens with zero attached hydrogens (tertiary/aromatic N) is 1. The first kappa shape index (κ1) is 19.1. The third-order valence-corrected chi connectivity index (χ3v) is 4.32. The molecule has 0 saturated heterocycles. The molecule has 5 nitrogen and oxygen atoms in total. The Balaban J connectivity index is 1.92. The van der Waals surface area contributed by atoms with Gasteiger partial charge in [0, 0.05) is 18.1 Å². The Morgan fingerprint density at radius 1 is 1.16 bits per heavy atom. The van der Waals surface area contributed by atoms with Gasteiger partial charge >= 0.3 is 6.03 Å². The zero-order valence-corrected chi connectivity index (χ0v) is 15.5. The van der Waals surface area contributed by atoms with Crippen molar-refractivity contribution in [3.63, 3.8) is 0 Å². The minimum Gasteiger partial charge on any atom is -0.497 e. The molecule has 0 aromatic heterocycles. The van der Waals surface area contributed by atoms with Crippen LogP contribution >= 0.6 is 11.6 Å². The summed E-state index contributed by atoms with van der Waals surface area (Å²) in [6.07, 6.45) is 0. The fraction of sp³-hybridized carbons (Fsp3) is 0.316.